The lowest BCUT2D eigenvalue weighted by molar-refractivity contribution is 0.579. The van der Waals surface area contributed by atoms with Crippen molar-refractivity contribution < 1.29 is 0 Å². The highest BCUT2D eigenvalue weighted by atomic mass is 14.3. The summed E-state index contributed by atoms with van der Waals surface area (Å²) in [6.07, 6.45) is 0. The first-order valence-corrected chi connectivity index (χ1v) is 10.8. The maximum atomic E-state index is 2.35. The van der Waals surface area contributed by atoms with E-state index in [1.165, 1.54) is 66.8 Å². The van der Waals surface area contributed by atoms with Gasteiger partial charge >= 0.3 is 0 Å². The van der Waals surface area contributed by atoms with E-state index in [-0.39, 0.29) is 10.8 Å². The second-order valence-corrected chi connectivity index (χ2v) is 11.0. The highest BCUT2D eigenvalue weighted by Crippen LogP contribution is 2.45. The van der Waals surface area contributed by atoms with Gasteiger partial charge in [-0.05, 0) is 133 Å². The van der Waals surface area contributed by atoms with Gasteiger partial charge in [-0.3, -0.25) is 0 Å². The Morgan fingerprint density at radius 1 is 0.321 bits per heavy atom. The normalized spacial score (nSPS) is 12.6. The number of hydrogen-bond donors (Lipinski definition) is 0. The molecule has 0 aliphatic carbocycles. The van der Waals surface area contributed by atoms with Crippen LogP contribution in [0, 0.1) is 55.4 Å². The summed E-state index contributed by atoms with van der Waals surface area (Å²) in [6.45, 7) is 32.7. The average molecular weight is 379 g/mol. The molecule has 0 radical (unpaired) electrons. The standard InChI is InChI=1S/C28H42/c1-15-17(3)23(21(7)25(19(15)5)27(9,10)11)24-18(4)16(2)20(6)26(22(24)8)28(12,13)14/h1-14H3. The lowest BCUT2D eigenvalue weighted by Crippen LogP contribution is -2.20. The third-order valence-electron chi connectivity index (χ3n) is 7.00. The smallest absolute Gasteiger partial charge is 0.0114 e. The fourth-order valence-electron chi connectivity index (χ4n) is 5.69. The molecule has 0 N–H and O–H groups in total. The minimum Gasteiger partial charge on any atom is -0.0561 e. The molecule has 0 saturated heterocycles. The predicted molar refractivity (Wildman–Crippen MR) is 127 cm³/mol. The van der Waals surface area contributed by atoms with Crippen LogP contribution in [0.25, 0.3) is 11.1 Å². The van der Waals surface area contributed by atoms with Crippen LogP contribution in [0.15, 0.2) is 0 Å². The second-order valence-electron chi connectivity index (χ2n) is 11.0. The van der Waals surface area contributed by atoms with Gasteiger partial charge in [-0.15, -0.1) is 0 Å². The monoisotopic (exact) mass is 378 g/mol. The zero-order valence-electron chi connectivity index (χ0n) is 21.0. The molecule has 2 aromatic carbocycles. The van der Waals surface area contributed by atoms with Gasteiger partial charge in [0.25, 0.3) is 0 Å². The lowest BCUT2D eigenvalue weighted by atomic mass is 9.71. The van der Waals surface area contributed by atoms with E-state index in [1.54, 1.807) is 0 Å². The minimum atomic E-state index is 0.135. The Kier molecular flexibility index (Phi) is 5.72. The molecule has 2 rings (SSSR count). The maximum Gasteiger partial charge on any atom is -0.0114 e. The Morgan fingerprint density at radius 3 is 0.786 bits per heavy atom. The van der Waals surface area contributed by atoms with E-state index >= 15 is 0 Å². The van der Waals surface area contributed by atoms with Crippen LogP contribution in [0.5, 0.6) is 0 Å². The van der Waals surface area contributed by atoms with Gasteiger partial charge in [-0.2, -0.15) is 0 Å². The Labute approximate surface area is 174 Å². The van der Waals surface area contributed by atoms with Crippen LogP contribution in [0.1, 0.15) is 97.2 Å². The van der Waals surface area contributed by atoms with Crippen molar-refractivity contribution in [1.82, 2.24) is 0 Å². The van der Waals surface area contributed by atoms with Gasteiger partial charge < -0.3 is 0 Å². The number of benzene rings is 2. The molecule has 0 aromatic heterocycles. The van der Waals surface area contributed by atoms with Crippen molar-refractivity contribution in [3.63, 3.8) is 0 Å². The van der Waals surface area contributed by atoms with Crippen molar-refractivity contribution in [2.24, 2.45) is 0 Å². The van der Waals surface area contributed by atoms with Crippen molar-refractivity contribution in [3.05, 3.63) is 55.6 Å². The molecule has 154 valence electrons. The molecule has 0 spiro atoms. The van der Waals surface area contributed by atoms with Crippen LogP contribution in [0.2, 0.25) is 0 Å². The lowest BCUT2D eigenvalue weighted by Gasteiger charge is -2.33. The van der Waals surface area contributed by atoms with E-state index in [9.17, 15) is 0 Å². The zero-order valence-corrected chi connectivity index (χ0v) is 21.0. The molecule has 2 aromatic rings. The minimum absolute atomic E-state index is 0.135. The molecule has 0 heterocycles. The Bertz CT molecular complexity index is 859. The Balaban J connectivity index is 3.15. The zero-order chi connectivity index (χ0) is 21.9. The summed E-state index contributed by atoms with van der Waals surface area (Å²) in [4.78, 5) is 0. The summed E-state index contributed by atoms with van der Waals surface area (Å²) in [5.74, 6) is 0. The van der Waals surface area contributed by atoms with Gasteiger partial charge in [0.15, 0.2) is 0 Å². The van der Waals surface area contributed by atoms with Crippen LogP contribution in [-0.4, -0.2) is 0 Å². The molecule has 0 atom stereocenters. The van der Waals surface area contributed by atoms with Crippen molar-refractivity contribution in [1.29, 1.82) is 0 Å². The van der Waals surface area contributed by atoms with Crippen molar-refractivity contribution in [3.8, 4) is 11.1 Å². The van der Waals surface area contributed by atoms with Gasteiger partial charge in [0.2, 0.25) is 0 Å². The first-order chi connectivity index (χ1) is 12.5. The third kappa shape index (κ3) is 3.44. The van der Waals surface area contributed by atoms with Crippen LogP contribution in [-0.2, 0) is 10.8 Å². The van der Waals surface area contributed by atoms with Gasteiger partial charge in [0, 0.05) is 0 Å². The topological polar surface area (TPSA) is 0 Å². The molecule has 28 heavy (non-hydrogen) atoms. The Hall–Kier alpha value is -1.56. The van der Waals surface area contributed by atoms with Crippen LogP contribution >= 0.6 is 0 Å². The highest BCUT2D eigenvalue weighted by molar-refractivity contribution is 5.82. The first-order valence-electron chi connectivity index (χ1n) is 10.8. The van der Waals surface area contributed by atoms with Crippen LogP contribution < -0.4 is 0 Å². The summed E-state index contributed by atoms with van der Waals surface area (Å²) in [6, 6.07) is 0. The molecular weight excluding hydrogens is 336 g/mol. The summed E-state index contributed by atoms with van der Waals surface area (Å²) in [5, 5.41) is 0. The highest BCUT2D eigenvalue weighted by Gasteiger charge is 2.29. The third-order valence-corrected chi connectivity index (χ3v) is 7.00. The van der Waals surface area contributed by atoms with E-state index in [0.717, 1.165) is 0 Å². The summed E-state index contributed by atoms with van der Waals surface area (Å²) in [5.41, 5.74) is 17.8. The van der Waals surface area contributed by atoms with E-state index in [4.69, 9.17) is 0 Å². The quantitative estimate of drug-likeness (QED) is 0.467. The van der Waals surface area contributed by atoms with Crippen LogP contribution in [0.3, 0.4) is 0 Å². The molecule has 0 aliphatic heterocycles. The van der Waals surface area contributed by atoms with Gasteiger partial charge in [0.1, 0.15) is 0 Å². The van der Waals surface area contributed by atoms with E-state index in [0.29, 0.717) is 0 Å². The first kappa shape index (κ1) is 22.7. The molecule has 0 unspecified atom stereocenters. The Morgan fingerprint density at radius 2 is 0.571 bits per heavy atom. The summed E-state index contributed by atoms with van der Waals surface area (Å²) < 4.78 is 0. The van der Waals surface area contributed by atoms with Gasteiger partial charge in [-0.25, -0.2) is 0 Å². The van der Waals surface area contributed by atoms with Crippen molar-refractivity contribution >= 4 is 0 Å². The molecule has 0 heteroatoms. The van der Waals surface area contributed by atoms with Gasteiger partial charge in [-0.1, -0.05) is 41.5 Å². The van der Waals surface area contributed by atoms with Crippen molar-refractivity contribution in [2.75, 3.05) is 0 Å². The van der Waals surface area contributed by atoms with Gasteiger partial charge in [0.05, 0.1) is 0 Å². The molecular formula is C28H42. The molecule has 0 aliphatic rings. The fourth-order valence-corrected chi connectivity index (χ4v) is 5.69. The van der Waals surface area contributed by atoms with Crippen LogP contribution in [0.4, 0.5) is 0 Å². The second kappa shape index (κ2) is 7.05. The largest absolute Gasteiger partial charge is 0.0561 e. The molecule has 0 fully saturated rings. The predicted octanol–water partition coefficient (Wildman–Crippen LogP) is 8.42. The summed E-state index contributed by atoms with van der Waals surface area (Å²) in [7, 11) is 0. The molecule has 0 bridgehead atoms. The van der Waals surface area contributed by atoms with E-state index < -0.39 is 0 Å². The summed E-state index contributed by atoms with van der Waals surface area (Å²) >= 11 is 0. The average Bonchev–Trinajstić information content (AvgIpc) is 2.51. The maximum absolute atomic E-state index is 2.35. The SMILES string of the molecule is Cc1c(C)c(-c2c(C)c(C)c(C)c(C(C)(C)C)c2C)c(C)c(C(C)(C)C)c1C. The molecule has 0 amide bonds. The molecule has 0 nitrogen and oxygen atoms in total. The van der Waals surface area contributed by atoms with Crippen molar-refractivity contribution in [2.45, 2.75) is 108 Å². The molecule has 0 saturated carbocycles. The number of hydrogen-bond acceptors (Lipinski definition) is 0. The number of rotatable bonds is 1. The van der Waals surface area contributed by atoms with E-state index in [2.05, 4.69) is 96.9 Å². The van der Waals surface area contributed by atoms with E-state index in [1.807, 2.05) is 0 Å². The fraction of sp³-hybridized carbons (Fsp3) is 0.571.